The number of unbranched alkanes of at least 4 members (excludes halogenated alkanes) is 12. The van der Waals surface area contributed by atoms with Crippen LogP contribution in [0.1, 0.15) is 115 Å². The Kier molecular flexibility index (Phi) is 14.5. The van der Waals surface area contributed by atoms with Crippen molar-refractivity contribution < 1.29 is 13.0 Å². The van der Waals surface area contributed by atoms with E-state index in [-0.39, 0.29) is 6.15 Å². The Labute approximate surface area is 180 Å². The number of rotatable bonds is 16. The molecule has 29 heavy (non-hydrogen) atoms. The molecule has 0 spiro atoms. The molecular weight excluding hydrogens is 382 g/mol. The van der Waals surface area contributed by atoms with Crippen LogP contribution in [-0.2, 0) is 21.3 Å². The molecule has 0 saturated heterocycles. The first-order valence-corrected chi connectivity index (χ1v) is 12.8. The van der Waals surface area contributed by atoms with E-state index >= 15 is 0 Å². The van der Waals surface area contributed by atoms with Crippen LogP contribution in [0, 0.1) is 0 Å². The lowest BCUT2D eigenvalue weighted by atomic mass is 9.93. The summed E-state index contributed by atoms with van der Waals surface area (Å²) >= 11 is 0. The highest BCUT2D eigenvalue weighted by molar-refractivity contribution is 7.86. The van der Waals surface area contributed by atoms with Crippen LogP contribution in [0.5, 0.6) is 0 Å². The normalized spacial score (nSPS) is 12.0. The maximum atomic E-state index is 11.6. The van der Waals surface area contributed by atoms with Crippen LogP contribution in [0.2, 0.25) is 0 Å². The summed E-state index contributed by atoms with van der Waals surface area (Å²) in [6.45, 7) is 5.28. The lowest BCUT2D eigenvalue weighted by molar-refractivity contribution is 0.427. The summed E-state index contributed by atoms with van der Waals surface area (Å²) in [7, 11) is -4.39. The predicted molar refractivity (Wildman–Crippen MR) is 125 cm³/mol. The Morgan fingerprint density at radius 1 is 0.759 bits per heavy atom. The van der Waals surface area contributed by atoms with Gasteiger partial charge in [-0.15, -0.1) is 0 Å². The fourth-order valence-electron chi connectivity index (χ4n) is 3.79. The molecule has 170 valence electrons. The summed E-state index contributed by atoms with van der Waals surface area (Å²) < 4.78 is 33.5. The third kappa shape index (κ3) is 10.6. The summed E-state index contributed by atoms with van der Waals surface area (Å²) in [5.41, 5.74) is 1.65. The minimum absolute atomic E-state index is 0. The van der Waals surface area contributed by atoms with Crippen molar-refractivity contribution in [2.45, 2.75) is 115 Å². The quantitative estimate of drug-likeness (QED) is 0.219. The first kappa shape index (κ1) is 28.1. The first-order valence-electron chi connectivity index (χ1n) is 11.3. The summed E-state index contributed by atoms with van der Waals surface area (Å²) in [6, 6.07) is 7.49. The molecule has 0 unspecified atom stereocenters. The molecule has 0 saturated carbocycles. The fraction of sp³-hybridized carbons (Fsp3) is 0.750. The Morgan fingerprint density at radius 3 is 1.62 bits per heavy atom. The van der Waals surface area contributed by atoms with Crippen molar-refractivity contribution in [3.05, 3.63) is 35.4 Å². The second-order valence-corrected chi connectivity index (χ2v) is 10.5. The monoisotopic (exact) mass is 427 g/mol. The van der Waals surface area contributed by atoms with Crippen molar-refractivity contribution >= 4 is 10.1 Å². The highest BCUT2D eigenvalue weighted by Gasteiger charge is 2.30. The summed E-state index contributed by atoms with van der Waals surface area (Å²) in [6.07, 6.45) is 17.9. The summed E-state index contributed by atoms with van der Waals surface area (Å²) in [5, 5.41) is 0. The molecule has 0 radical (unpaired) electrons. The lowest BCUT2D eigenvalue weighted by Gasteiger charge is -2.30. The predicted octanol–water partition coefficient (Wildman–Crippen LogP) is 7.48. The maximum absolute atomic E-state index is 11.6. The molecule has 0 bridgehead atoms. The van der Waals surface area contributed by atoms with Crippen LogP contribution in [0.25, 0.3) is 0 Å². The van der Waals surface area contributed by atoms with Crippen molar-refractivity contribution in [2.75, 3.05) is 0 Å². The van der Waals surface area contributed by atoms with Gasteiger partial charge in [-0.3, -0.25) is 0 Å². The zero-order chi connectivity index (χ0) is 20.9. The second kappa shape index (κ2) is 15.0. The molecule has 0 aliphatic heterocycles. The van der Waals surface area contributed by atoms with E-state index in [1.54, 1.807) is 6.07 Å². The molecule has 0 aromatic heterocycles. The maximum Gasteiger partial charge on any atom is 0.104 e. The number of hydrogen-bond donors (Lipinski definition) is 1. The van der Waals surface area contributed by atoms with Crippen LogP contribution < -0.4 is 6.15 Å². The SMILES string of the molecule is CCCCCCCCCCCCCCCc1ccccc1C(C)(C)S(=O)(=O)[O-].[NH4+]. The topological polar surface area (TPSA) is 93.7 Å². The highest BCUT2D eigenvalue weighted by atomic mass is 32.2. The minimum Gasteiger partial charge on any atom is -0.747 e. The van der Waals surface area contributed by atoms with Gasteiger partial charge in [0.25, 0.3) is 0 Å². The van der Waals surface area contributed by atoms with Gasteiger partial charge in [0.2, 0.25) is 0 Å². The Morgan fingerprint density at radius 2 is 1.17 bits per heavy atom. The van der Waals surface area contributed by atoms with Crippen LogP contribution in [0.3, 0.4) is 0 Å². The average molecular weight is 428 g/mol. The van der Waals surface area contributed by atoms with Crippen LogP contribution in [0.4, 0.5) is 0 Å². The summed E-state index contributed by atoms with van der Waals surface area (Å²) in [5.74, 6) is 0. The van der Waals surface area contributed by atoms with Gasteiger partial charge in [0.15, 0.2) is 0 Å². The largest absolute Gasteiger partial charge is 0.747 e. The second-order valence-electron chi connectivity index (χ2n) is 8.61. The van der Waals surface area contributed by atoms with Gasteiger partial charge in [0.05, 0.1) is 4.75 Å². The van der Waals surface area contributed by atoms with Gasteiger partial charge in [0.1, 0.15) is 10.1 Å². The van der Waals surface area contributed by atoms with Crippen molar-refractivity contribution in [3.8, 4) is 0 Å². The van der Waals surface area contributed by atoms with E-state index in [9.17, 15) is 13.0 Å². The van der Waals surface area contributed by atoms with Gasteiger partial charge in [0, 0.05) is 0 Å². The lowest BCUT2D eigenvalue weighted by Crippen LogP contribution is -2.30. The van der Waals surface area contributed by atoms with Crippen molar-refractivity contribution in [2.24, 2.45) is 0 Å². The molecule has 0 heterocycles. The molecule has 1 rings (SSSR count). The van der Waals surface area contributed by atoms with Crippen molar-refractivity contribution in [1.82, 2.24) is 6.15 Å². The van der Waals surface area contributed by atoms with Gasteiger partial charge in [-0.25, -0.2) is 8.42 Å². The molecule has 0 aliphatic rings. The van der Waals surface area contributed by atoms with Crippen molar-refractivity contribution in [3.63, 3.8) is 0 Å². The highest BCUT2D eigenvalue weighted by Crippen LogP contribution is 2.32. The van der Waals surface area contributed by atoms with E-state index in [1.807, 2.05) is 18.2 Å². The molecule has 0 aliphatic carbocycles. The molecule has 5 heteroatoms. The summed E-state index contributed by atoms with van der Waals surface area (Å²) in [4.78, 5) is 0. The molecule has 1 aromatic rings. The van der Waals surface area contributed by atoms with E-state index in [4.69, 9.17) is 0 Å². The smallest absolute Gasteiger partial charge is 0.104 e. The number of benzene rings is 1. The number of aryl methyl sites for hydroxylation is 1. The third-order valence-electron chi connectivity index (χ3n) is 5.84. The fourth-order valence-corrected chi connectivity index (χ4v) is 4.26. The Hall–Kier alpha value is -0.910. The Bertz CT molecular complexity index is 641. The van der Waals surface area contributed by atoms with Crippen molar-refractivity contribution in [1.29, 1.82) is 0 Å². The van der Waals surface area contributed by atoms with Crippen LogP contribution in [-0.4, -0.2) is 13.0 Å². The average Bonchev–Trinajstić information content (AvgIpc) is 2.65. The molecular formula is C24H45NO3S. The Balaban J connectivity index is 0.00000784. The number of quaternary nitrogens is 1. The van der Waals surface area contributed by atoms with Crippen LogP contribution in [0.15, 0.2) is 24.3 Å². The zero-order valence-electron chi connectivity index (χ0n) is 19.3. The minimum atomic E-state index is -4.39. The van der Waals surface area contributed by atoms with Gasteiger partial charge in [-0.2, -0.15) is 0 Å². The molecule has 0 atom stereocenters. The van der Waals surface area contributed by atoms with Gasteiger partial charge in [-0.1, -0.05) is 108 Å². The van der Waals surface area contributed by atoms with E-state index in [0.29, 0.717) is 5.56 Å². The van der Waals surface area contributed by atoms with Gasteiger partial charge >= 0.3 is 0 Å². The number of hydrogen-bond acceptors (Lipinski definition) is 3. The van der Waals surface area contributed by atoms with Gasteiger partial charge < -0.3 is 10.7 Å². The van der Waals surface area contributed by atoms with E-state index in [2.05, 4.69) is 6.92 Å². The molecule has 1 aromatic carbocycles. The van der Waals surface area contributed by atoms with Gasteiger partial charge in [-0.05, 0) is 37.8 Å². The standard InChI is InChI=1S/C24H42O3S.H3N/c1-4-5-6-7-8-9-10-11-12-13-14-15-16-19-22-20-17-18-21-23(22)24(2,3)28(25,26)27;/h17-18,20-21H,4-16,19H2,1-3H3,(H,25,26,27);1H3. The van der Waals surface area contributed by atoms with Crippen LogP contribution >= 0.6 is 0 Å². The molecule has 4 N–H and O–H groups in total. The van der Waals surface area contributed by atoms with E-state index < -0.39 is 14.9 Å². The zero-order valence-corrected chi connectivity index (χ0v) is 20.2. The molecule has 4 nitrogen and oxygen atoms in total. The third-order valence-corrected chi connectivity index (χ3v) is 7.31. The van der Waals surface area contributed by atoms with E-state index in [0.717, 1.165) is 24.8 Å². The van der Waals surface area contributed by atoms with E-state index in [1.165, 1.54) is 84.5 Å². The molecule has 0 amide bonds. The first-order chi connectivity index (χ1) is 13.3. The molecule has 0 fully saturated rings.